The van der Waals surface area contributed by atoms with Gasteiger partial charge in [0.2, 0.25) is 0 Å². The molecule has 1 atom stereocenters. The summed E-state index contributed by atoms with van der Waals surface area (Å²) in [5.74, 6) is -0.0968. The molecule has 1 aliphatic carbocycles. The lowest BCUT2D eigenvalue weighted by molar-refractivity contribution is 0.0951. The third-order valence-corrected chi connectivity index (χ3v) is 4.06. The molecule has 1 aromatic carbocycles. The van der Waals surface area contributed by atoms with Gasteiger partial charge in [0, 0.05) is 31.2 Å². The Morgan fingerprint density at radius 3 is 2.80 bits per heavy atom. The van der Waals surface area contributed by atoms with Crippen LogP contribution in [0.4, 0.5) is 4.79 Å². The number of carbonyl (C=O) groups excluding carboxylic acids is 2. The molecular weight excluding hydrogens is 316 g/mol. The minimum atomic E-state index is -0.183. The first-order valence-corrected chi connectivity index (χ1v) is 8.77. The van der Waals surface area contributed by atoms with Gasteiger partial charge >= 0.3 is 6.03 Å². The average Bonchev–Trinajstić information content (AvgIpc) is 2.61. The quantitative estimate of drug-likeness (QED) is 0.661. The van der Waals surface area contributed by atoms with Gasteiger partial charge < -0.3 is 20.9 Å². The summed E-state index contributed by atoms with van der Waals surface area (Å²) in [5.41, 5.74) is 1.50. The van der Waals surface area contributed by atoms with Gasteiger partial charge in [-0.25, -0.2) is 4.79 Å². The molecule has 0 radical (unpaired) electrons. The number of rotatable bonds is 7. The minimum Gasteiger partial charge on any atom is -0.351 e. The monoisotopic (exact) mass is 344 g/mol. The average molecular weight is 344 g/mol. The third-order valence-electron chi connectivity index (χ3n) is 4.06. The Labute approximate surface area is 149 Å². The maximum Gasteiger partial charge on any atom is 0.315 e. The number of hydrogen-bond acceptors (Lipinski definition) is 3. The number of likely N-dealkylation sites (N-methyl/N-ethyl adjacent to an activating group) is 1. The zero-order valence-electron chi connectivity index (χ0n) is 15.0. The summed E-state index contributed by atoms with van der Waals surface area (Å²) in [4.78, 5) is 26.1. The van der Waals surface area contributed by atoms with Crippen molar-refractivity contribution in [2.75, 3.05) is 27.2 Å². The highest BCUT2D eigenvalue weighted by Crippen LogP contribution is 2.10. The molecule has 6 nitrogen and oxygen atoms in total. The van der Waals surface area contributed by atoms with Crippen molar-refractivity contribution in [2.24, 2.45) is 0 Å². The van der Waals surface area contributed by atoms with Crippen LogP contribution in [0.5, 0.6) is 0 Å². The molecule has 2 rings (SSSR count). The largest absolute Gasteiger partial charge is 0.351 e. The van der Waals surface area contributed by atoms with E-state index < -0.39 is 0 Å². The van der Waals surface area contributed by atoms with E-state index in [4.69, 9.17) is 0 Å². The van der Waals surface area contributed by atoms with Crippen molar-refractivity contribution in [1.29, 1.82) is 0 Å². The molecule has 0 spiro atoms. The van der Waals surface area contributed by atoms with Gasteiger partial charge in [-0.1, -0.05) is 24.3 Å². The Morgan fingerprint density at radius 1 is 1.24 bits per heavy atom. The zero-order chi connectivity index (χ0) is 18.1. The minimum absolute atomic E-state index is 0.0968. The number of amides is 3. The number of carbonyl (C=O) groups is 2. The van der Waals surface area contributed by atoms with Gasteiger partial charge in [-0.05, 0) is 51.1 Å². The molecule has 136 valence electrons. The Balaban J connectivity index is 1.80. The molecule has 1 unspecified atom stereocenters. The van der Waals surface area contributed by atoms with Gasteiger partial charge in [-0.3, -0.25) is 4.79 Å². The van der Waals surface area contributed by atoms with Gasteiger partial charge in [0.1, 0.15) is 0 Å². The third kappa shape index (κ3) is 6.97. The summed E-state index contributed by atoms with van der Waals surface area (Å²) < 4.78 is 0. The van der Waals surface area contributed by atoms with Crippen LogP contribution in [-0.4, -0.2) is 50.1 Å². The lowest BCUT2D eigenvalue weighted by Gasteiger charge is -2.18. The molecule has 0 aliphatic heterocycles. The standard InChI is InChI=1S/C19H28N4O2/c1-23(2)12-11-20-18(24)16-8-6-7-15(13-16)14-21-19(25)22-17-9-4-3-5-10-17/h4,6-9,13,17H,3,5,10-12,14H2,1-2H3,(H,20,24)(H2,21,22,25). The topological polar surface area (TPSA) is 73.5 Å². The second kappa shape index (κ2) is 9.84. The van der Waals surface area contributed by atoms with E-state index in [0.29, 0.717) is 18.7 Å². The summed E-state index contributed by atoms with van der Waals surface area (Å²) >= 11 is 0. The van der Waals surface area contributed by atoms with E-state index >= 15 is 0 Å². The van der Waals surface area contributed by atoms with Crippen molar-refractivity contribution in [2.45, 2.75) is 31.8 Å². The van der Waals surface area contributed by atoms with Crippen LogP contribution in [0.3, 0.4) is 0 Å². The van der Waals surface area contributed by atoms with Gasteiger partial charge in [0.15, 0.2) is 0 Å². The Bertz CT molecular complexity index is 613. The van der Waals surface area contributed by atoms with Crippen molar-refractivity contribution in [3.05, 3.63) is 47.5 Å². The summed E-state index contributed by atoms with van der Waals surface area (Å²) in [7, 11) is 3.93. The smallest absolute Gasteiger partial charge is 0.315 e. The van der Waals surface area contributed by atoms with E-state index in [1.54, 1.807) is 6.07 Å². The van der Waals surface area contributed by atoms with Crippen LogP contribution in [0, 0.1) is 0 Å². The molecule has 1 aromatic rings. The van der Waals surface area contributed by atoms with Crippen LogP contribution in [-0.2, 0) is 6.54 Å². The molecule has 0 heterocycles. The van der Waals surface area contributed by atoms with Gasteiger partial charge in [0.25, 0.3) is 5.91 Å². The number of urea groups is 1. The molecule has 0 aromatic heterocycles. The second-order valence-electron chi connectivity index (χ2n) is 6.55. The molecule has 3 N–H and O–H groups in total. The molecule has 0 saturated heterocycles. The van der Waals surface area contributed by atoms with E-state index in [-0.39, 0.29) is 18.0 Å². The maximum absolute atomic E-state index is 12.1. The molecule has 0 bridgehead atoms. The number of nitrogens with zero attached hydrogens (tertiary/aromatic N) is 1. The van der Waals surface area contributed by atoms with E-state index in [0.717, 1.165) is 31.4 Å². The van der Waals surface area contributed by atoms with E-state index in [9.17, 15) is 9.59 Å². The van der Waals surface area contributed by atoms with Crippen molar-refractivity contribution in [3.63, 3.8) is 0 Å². The second-order valence-corrected chi connectivity index (χ2v) is 6.55. The van der Waals surface area contributed by atoms with Gasteiger partial charge in [-0.15, -0.1) is 0 Å². The predicted molar refractivity (Wildman–Crippen MR) is 99.5 cm³/mol. The molecule has 25 heavy (non-hydrogen) atoms. The van der Waals surface area contributed by atoms with Crippen molar-refractivity contribution < 1.29 is 9.59 Å². The normalized spacial score (nSPS) is 16.5. The fraction of sp³-hybridized carbons (Fsp3) is 0.474. The van der Waals surface area contributed by atoms with Crippen LogP contribution < -0.4 is 16.0 Å². The first kappa shape index (κ1) is 19.0. The van der Waals surface area contributed by atoms with Gasteiger partial charge in [0.05, 0.1) is 0 Å². The lowest BCUT2D eigenvalue weighted by Crippen LogP contribution is -2.41. The van der Waals surface area contributed by atoms with Crippen LogP contribution >= 0.6 is 0 Å². The Morgan fingerprint density at radius 2 is 2.08 bits per heavy atom. The first-order chi connectivity index (χ1) is 12.0. The fourth-order valence-corrected chi connectivity index (χ4v) is 2.65. The number of hydrogen-bond donors (Lipinski definition) is 3. The molecule has 3 amide bonds. The highest BCUT2D eigenvalue weighted by atomic mass is 16.2. The lowest BCUT2D eigenvalue weighted by atomic mass is 10.0. The molecule has 1 aliphatic rings. The Kier molecular flexibility index (Phi) is 7.47. The number of nitrogens with one attached hydrogen (secondary N) is 3. The van der Waals surface area contributed by atoms with Crippen molar-refractivity contribution in [3.8, 4) is 0 Å². The van der Waals surface area contributed by atoms with Crippen LogP contribution in [0.2, 0.25) is 0 Å². The van der Waals surface area contributed by atoms with E-state index in [1.807, 2.05) is 43.3 Å². The van der Waals surface area contributed by atoms with Crippen LogP contribution in [0.1, 0.15) is 35.2 Å². The fourth-order valence-electron chi connectivity index (χ4n) is 2.65. The molecule has 0 fully saturated rings. The zero-order valence-corrected chi connectivity index (χ0v) is 15.0. The van der Waals surface area contributed by atoms with Crippen molar-refractivity contribution >= 4 is 11.9 Å². The van der Waals surface area contributed by atoms with E-state index in [2.05, 4.69) is 22.0 Å². The van der Waals surface area contributed by atoms with Gasteiger partial charge in [-0.2, -0.15) is 0 Å². The Hall–Kier alpha value is -2.34. The van der Waals surface area contributed by atoms with Crippen LogP contribution in [0.15, 0.2) is 36.4 Å². The highest BCUT2D eigenvalue weighted by molar-refractivity contribution is 5.94. The summed E-state index contributed by atoms with van der Waals surface area (Å²) in [6.45, 7) is 1.79. The van der Waals surface area contributed by atoms with Crippen molar-refractivity contribution in [1.82, 2.24) is 20.9 Å². The van der Waals surface area contributed by atoms with Crippen LogP contribution in [0.25, 0.3) is 0 Å². The number of benzene rings is 1. The summed E-state index contributed by atoms with van der Waals surface area (Å²) in [6, 6.07) is 7.25. The number of allylic oxidation sites excluding steroid dienone is 1. The first-order valence-electron chi connectivity index (χ1n) is 8.77. The summed E-state index contributed by atoms with van der Waals surface area (Å²) in [6.07, 6.45) is 7.32. The molecular formula is C19H28N4O2. The predicted octanol–water partition coefficient (Wildman–Crippen LogP) is 1.89. The highest BCUT2D eigenvalue weighted by Gasteiger charge is 2.11. The SMILES string of the molecule is CN(C)CCNC(=O)c1cccc(CNC(=O)NC2C=CCCC2)c1. The molecule has 0 saturated carbocycles. The maximum atomic E-state index is 12.1. The van der Waals surface area contributed by atoms with E-state index in [1.165, 1.54) is 0 Å². The summed E-state index contributed by atoms with van der Waals surface area (Å²) in [5, 5.41) is 8.68. The molecule has 6 heteroatoms.